The molecule has 7 nitrogen and oxygen atoms in total. The molecule has 0 spiro atoms. The van der Waals surface area contributed by atoms with Crippen LogP contribution in [0, 0.1) is 5.82 Å². The molecule has 28 heavy (non-hydrogen) atoms. The minimum Gasteiger partial charge on any atom is -0.406 e. The molecule has 0 aliphatic heterocycles. The molecule has 0 aromatic heterocycles. The smallest absolute Gasteiger partial charge is 0.406 e. The van der Waals surface area contributed by atoms with Crippen molar-refractivity contribution in [3.05, 3.63) is 65.0 Å². The molecule has 0 radical (unpaired) electrons. The van der Waals surface area contributed by atoms with Gasteiger partial charge in [0.2, 0.25) is 0 Å². The average Bonchev–Trinajstić information content (AvgIpc) is 2.64. The molecule has 2 aromatic carbocycles. The fraction of sp³-hybridized carbons (Fsp3) is 0.118. The van der Waals surface area contributed by atoms with Crippen LogP contribution in [0.2, 0.25) is 0 Å². The maximum absolute atomic E-state index is 14.0. The number of carbonyl (C=O) groups excluding carboxylic acids is 2. The predicted molar refractivity (Wildman–Crippen MR) is 88.5 cm³/mol. The van der Waals surface area contributed by atoms with Crippen molar-refractivity contribution in [1.29, 1.82) is 0 Å². The Balaban J connectivity index is 2.14. The van der Waals surface area contributed by atoms with Crippen molar-refractivity contribution in [2.24, 2.45) is 5.10 Å². The molecule has 11 heteroatoms. The average molecular weight is 399 g/mol. The molecule has 0 aliphatic carbocycles. The zero-order valence-electron chi connectivity index (χ0n) is 14.2. The summed E-state index contributed by atoms with van der Waals surface area (Å²) in [5.41, 5.74) is 1.03. The van der Waals surface area contributed by atoms with Gasteiger partial charge in [0, 0.05) is 23.7 Å². The van der Waals surface area contributed by atoms with Gasteiger partial charge < -0.3 is 4.74 Å². The number of nitrogens with zero attached hydrogens (tertiary/aromatic N) is 2. The Morgan fingerprint density at radius 2 is 1.89 bits per heavy atom. The van der Waals surface area contributed by atoms with E-state index in [0.717, 1.165) is 29.4 Å². The van der Waals surface area contributed by atoms with Gasteiger partial charge in [-0.1, -0.05) is 6.07 Å². The van der Waals surface area contributed by atoms with Gasteiger partial charge in [-0.2, -0.15) is 5.10 Å². The lowest BCUT2D eigenvalue weighted by Crippen LogP contribution is -2.22. The second-order valence-corrected chi connectivity index (χ2v) is 5.33. The minimum absolute atomic E-state index is 0.0664. The number of nitrogens with one attached hydrogen (secondary N) is 1. The van der Waals surface area contributed by atoms with Gasteiger partial charge >= 0.3 is 6.36 Å². The standard InChI is InChI=1S/C17H13F4N3O4/c1-24(16(26)11-3-2-4-13(7-11)28-17(19,20)21)22-9-12-6-5-10(8-14(12)18)15(25)23-27/h2-9,27H,1H3,(H,23,25). The van der Waals surface area contributed by atoms with Gasteiger partial charge in [0.05, 0.1) is 6.21 Å². The van der Waals surface area contributed by atoms with Crippen molar-refractivity contribution < 1.29 is 37.1 Å². The number of benzene rings is 2. The summed E-state index contributed by atoms with van der Waals surface area (Å²) in [4.78, 5) is 23.5. The molecule has 0 unspecified atom stereocenters. The number of hydrogen-bond acceptors (Lipinski definition) is 5. The van der Waals surface area contributed by atoms with E-state index >= 15 is 0 Å². The summed E-state index contributed by atoms with van der Waals surface area (Å²) in [6.07, 6.45) is -3.91. The van der Waals surface area contributed by atoms with Crippen molar-refractivity contribution in [1.82, 2.24) is 10.5 Å². The number of alkyl halides is 3. The number of ether oxygens (including phenoxy) is 1. The molecule has 0 heterocycles. The SMILES string of the molecule is CN(N=Cc1ccc(C(=O)NO)cc1F)C(=O)c1cccc(OC(F)(F)F)c1. The third kappa shape index (κ3) is 5.51. The zero-order chi connectivity index (χ0) is 20.9. The van der Waals surface area contributed by atoms with Crippen molar-refractivity contribution in [2.45, 2.75) is 6.36 Å². The molecule has 0 saturated heterocycles. The van der Waals surface area contributed by atoms with E-state index in [1.165, 1.54) is 36.8 Å². The molecule has 0 saturated carbocycles. The van der Waals surface area contributed by atoms with Gasteiger partial charge in [-0.3, -0.25) is 14.8 Å². The molecule has 0 bridgehead atoms. The number of hydrogen-bond donors (Lipinski definition) is 2. The maximum Gasteiger partial charge on any atom is 0.573 e. The first-order valence-corrected chi connectivity index (χ1v) is 7.52. The highest BCUT2D eigenvalue weighted by Gasteiger charge is 2.31. The summed E-state index contributed by atoms with van der Waals surface area (Å²) in [7, 11) is 1.22. The van der Waals surface area contributed by atoms with Crippen molar-refractivity contribution in [3.63, 3.8) is 0 Å². The number of halogens is 4. The highest BCUT2D eigenvalue weighted by molar-refractivity contribution is 5.96. The lowest BCUT2D eigenvalue weighted by molar-refractivity contribution is -0.274. The molecule has 2 amide bonds. The van der Waals surface area contributed by atoms with Crippen LogP contribution in [0.25, 0.3) is 0 Å². The van der Waals surface area contributed by atoms with E-state index in [1.807, 2.05) is 0 Å². The normalized spacial score (nSPS) is 11.4. The number of amides is 2. The molecule has 148 valence electrons. The van der Waals surface area contributed by atoms with E-state index < -0.39 is 29.7 Å². The lowest BCUT2D eigenvalue weighted by atomic mass is 10.1. The van der Waals surface area contributed by atoms with Crippen molar-refractivity contribution in [2.75, 3.05) is 7.05 Å². The van der Waals surface area contributed by atoms with Crippen LogP contribution >= 0.6 is 0 Å². The number of carbonyl (C=O) groups is 2. The largest absolute Gasteiger partial charge is 0.573 e. The van der Waals surface area contributed by atoms with Gasteiger partial charge in [0.25, 0.3) is 11.8 Å². The van der Waals surface area contributed by atoms with Crippen LogP contribution < -0.4 is 10.2 Å². The summed E-state index contributed by atoms with van der Waals surface area (Å²) in [6.45, 7) is 0. The van der Waals surface area contributed by atoms with E-state index in [1.54, 1.807) is 0 Å². The Labute approximate surface area is 155 Å². The second-order valence-electron chi connectivity index (χ2n) is 5.33. The molecular weight excluding hydrogens is 386 g/mol. The quantitative estimate of drug-likeness (QED) is 0.350. The predicted octanol–water partition coefficient (Wildman–Crippen LogP) is 2.95. The fourth-order valence-electron chi connectivity index (χ4n) is 2.05. The van der Waals surface area contributed by atoms with E-state index in [2.05, 4.69) is 9.84 Å². The molecule has 0 aliphatic rings. The minimum atomic E-state index is -4.90. The zero-order valence-corrected chi connectivity index (χ0v) is 14.2. The summed E-state index contributed by atoms with van der Waals surface area (Å²) < 4.78 is 54.5. The van der Waals surface area contributed by atoms with Crippen LogP contribution in [-0.2, 0) is 0 Å². The Morgan fingerprint density at radius 3 is 2.50 bits per heavy atom. The van der Waals surface area contributed by atoms with Crippen LogP contribution in [0.4, 0.5) is 17.6 Å². The summed E-state index contributed by atoms with van der Waals surface area (Å²) in [6, 6.07) is 7.66. The Morgan fingerprint density at radius 1 is 1.18 bits per heavy atom. The first-order chi connectivity index (χ1) is 13.1. The van der Waals surface area contributed by atoms with E-state index in [9.17, 15) is 27.2 Å². The summed E-state index contributed by atoms with van der Waals surface area (Å²) >= 11 is 0. The summed E-state index contributed by atoms with van der Waals surface area (Å²) in [5, 5.41) is 13.0. The first kappa shape index (κ1) is 20.8. The topological polar surface area (TPSA) is 91.2 Å². The van der Waals surface area contributed by atoms with Crippen LogP contribution in [0.15, 0.2) is 47.6 Å². The molecule has 0 fully saturated rings. The number of hydrazone groups is 1. The molecule has 2 aromatic rings. The van der Waals surface area contributed by atoms with Crippen molar-refractivity contribution >= 4 is 18.0 Å². The van der Waals surface area contributed by atoms with Gasteiger partial charge in [-0.05, 0) is 36.4 Å². The van der Waals surface area contributed by atoms with E-state index in [0.29, 0.717) is 0 Å². The molecular formula is C17H13F4N3O4. The van der Waals surface area contributed by atoms with Crippen LogP contribution in [0.5, 0.6) is 5.75 Å². The number of hydroxylamine groups is 1. The number of rotatable bonds is 5. The van der Waals surface area contributed by atoms with E-state index in [-0.39, 0.29) is 16.7 Å². The maximum atomic E-state index is 14.0. The van der Waals surface area contributed by atoms with Crippen LogP contribution in [0.3, 0.4) is 0 Å². The van der Waals surface area contributed by atoms with Gasteiger partial charge in [-0.15, -0.1) is 13.2 Å². The Hall–Kier alpha value is -3.47. The highest BCUT2D eigenvalue weighted by Crippen LogP contribution is 2.23. The fourth-order valence-corrected chi connectivity index (χ4v) is 2.05. The molecule has 0 atom stereocenters. The highest BCUT2D eigenvalue weighted by atomic mass is 19.4. The monoisotopic (exact) mass is 399 g/mol. The molecule has 2 rings (SSSR count). The van der Waals surface area contributed by atoms with E-state index in [4.69, 9.17) is 5.21 Å². The van der Waals surface area contributed by atoms with Gasteiger partial charge in [0.1, 0.15) is 11.6 Å². The Bertz CT molecular complexity index is 916. The van der Waals surface area contributed by atoms with Gasteiger partial charge in [0.15, 0.2) is 0 Å². The first-order valence-electron chi connectivity index (χ1n) is 7.52. The molecule has 2 N–H and O–H groups in total. The van der Waals surface area contributed by atoms with Crippen LogP contribution in [-0.4, -0.2) is 41.7 Å². The third-order valence-corrected chi connectivity index (χ3v) is 3.34. The van der Waals surface area contributed by atoms with Crippen LogP contribution in [0.1, 0.15) is 26.3 Å². The Kier molecular flexibility index (Phi) is 6.31. The summed E-state index contributed by atoms with van der Waals surface area (Å²) in [5.74, 6) is -3.08. The van der Waals surface area contributed by atoms with Gasteiger partial charge in [-0.25, -0.2) is 14.9 Å². The van der Waals surface area contributed by atoms with Crippen molar-refractivity contribution in [3.8, 4) is 5.75 Å². The third-order valence-electron chi connectivity index (χ3n) is 3.34. The second kappa shape index (κ2) is 8.48. The lowest BCUT2D eigenvalue weighted by Gasteiger charge is -2.13.